The lowest BCUT2D eigenvalue weighted by Crippen LogP contribution is -2.29. The Kier molecular flexibility index (Phi) is 5.87. The summed E-state index contributed by atoms with van der Waals surface area (Å²) in [5.74, 6) is -2.03. The molecule has 1 atom stereocenters. The van der Waals surface area contributed by atoms with Gasteiger partial charge in [0.2, 0.25) is 0 Å². The minimum absolute atomic E-state index is 0.0974. The number of ketones is 1. The van der Waals surface area contributed by atoms with Crippen LogP contribution in [0.15, 0.2) is 72.3 Å². The van der Waals surface area contributed by atoms with Gasteiger partial charge in [-0.1, -0.05) is 30.3 Å². The van der Waals surface area contributed by atoms with Crippen molar-refractivity contribution in [3.63, 3.8) is 0 Å². The quantitative estimate of drug-likeness (QED) is 0.346. The third-order valence-electron chi connectivity index (χ3n) is 5.58. The van der Waals surface area contributed by atoms with Gasteiger partial charge in [0.15, 0.2) is 11.5 Å². The fourth-order valence-corrected chi connectivity index (χ4v) is 4.01. The predicted octanol–water partition coefficient (Wildman–Crippen LogP) is 4.78. The maximum Gasteiger partial charge on any atom is 0.300 e. The van der Waals surface area contributed by atoms with Crippen molar-refractivity contribution in [3.05, 3.63) is 94.8 Å². The zero-order chi connectivity index (χ0) is 23.7. The molecule has 0 bridgehead atoms. The Morgan fingerprint density at radius 3 is 2.33 bits per heavy atom. The van der Waals surface area contributed by atoms with Gasteiger partial charge in [-0.05, 0) is 48.9 Å². The first-order valence-electron chi connectivity index (χ1n) is 10.2. The van der Waals surface area contributed by atoms with Gasteiger partial charge in [-0.25, -0.2) is 4.39 Å². The first-order valence-corrected chi connectivity index (χ1v) is 10.2. The van der Waals surface area contributed by atoms with Gasteiger partial charge in [-0.3, -0.25) is 14.5 Å². The van der Waals surface area contributed by atoms with Crippen LogP contribution in [-0.2, 0) is 9.59 Å². The van der Waals surface area contributed by atoms with Crippen molar-refractivity contribution >= 4 is 23.1 Å². The summed E-state index contributed by atoms with van der Waals surface area (Å²) in [6.07, 6.45) is 0. The number of aryl methyl sites for hydroxylation is 1. The Morgan fingerprint density at radius 1 is 0.939 bits per heavy atom. The number of amides is 1. The van der Waals surface area contributed by atoms with E-state index >= 15 is 0 Å². The first kappa shape index (κ1) is 22.1. The average molecular weight is 447 g/mol. The van der Waals surface area contributed by atoms with E-state index in [0.29, 0.717) is 17.2 Å². The summed E-state index contributed by atoms with van der Waals surface area (Å²) in [6, 6.07) is 16.3. The number of hydrogen-bond acceptors (Lipinski definition) is 5. The number of anilines is 1. The van der Waals surface area contributed by atoms with E-state index in [-0.39, 0.29) is 16.7 Å². The number of nitrogens with zero attached hydrogens (tertiary/aromatic N) is 1. The van der Waals surface area contributed by atoms with Crippen LogP contribution >= 0.6 is 0 Å². The molecule has 1 heterocycles. The fraction of sp³-hybridized carbons (Fsp3) is 0.154. The number of ether oxygens (including phenoxy) is 2. The third-order valence-corrected chi connectivity index (χ3v) is 5.58. The van der Waals surface area contributed by atoms with Crippen molar-refractivity contribution < 1.29 is 28.6 Å². The van der Waals surface area contributed by atoms with Gasteiger partial charge >= 0.3 is 0 Å². The number of aliphatic hydroxyl groups is 1. The molecule has 1 aliphatic rings. The maximum absolute atomic E-state index is 14.9. The number of carbonyl (C=O) groups is 2. The van der Waals surface area contributed by atoms with Gasteiger partial charge in [-0.15, -0.1) is 0 Å². The highest BCUT2D eigenvalue weighted by Gasteiger charge is 2.47. The molecule has 0 radical (unpaired) electrons. The summed E-state index contributed by atoms with van der Waals surface area (Å²) in [5, 5.41) is 11.2. The largest absolute Gasteiger partial charge is 0.507 e. The second-order valence-electron chi connectivity index (χ2n) is 7.60. The van der Waals surface area contributed by atoms with Gasteiger partial charge in [0.25, 0.3) is 11.7 Å². The molecular weight excluding hydrogens is 425 g/mol. The summed E-state index contributed by atoms with van der Waals surface area (Å²) < 4.78 is 25.4. The van der Waals surface area contributed by atoms with Gasteiger partial charge < -0.3 is 14.6 Å². The molecule has 4 rings (SSSR count). The van der Waals surface area contributed by atoms with Crippen LogP contribution in [-0.4, -0.2) is 31.0 Å². The minimum Gasteiger partial charge on any atom is -0.507 e. The van der Waals surface area contributed by atoms with Crippen molar-refractivity contribution in [2.45, 2.75) is 13.0 Å². The second kappa shape index (κ2) is 8.78. The number of methoxy groups -OCH3 is 2. The van der Waals surface area contributed by atoms with E-state index in [1.807, 2.05) is 13.0 Å². The molecule has 1 aliphatic heterocycles. The van der Waals surface area contributed by atoms with Crippen molar-refractivity contribution in [3.8, 4) is 11.5 Å². The smallest absolute Gasteiger partial charge is 0.300 e. The summed E-state index contributed by atoms with van der Waals surface area (Å²) >= 11 is 0. The molecule has 3 aromatic rings. The molecule has 1 unspecified atom stereocenters. The first-order chi connectivity index (χ1) is 15.9. The highest BCUT2D eigenvalue weighted by atomic mass is 19.1. The molecule has 3 aromatic carbocycles. The monoisotopic (exact) mass is 447 g/mol. The second-order valence-corrected chi connectivity index (χ2v) is 7.60. The molecule has 1 amide bonds. The molecular formula is C26H22FNO5. The van der Waals surface area contributed by atoms with Crippen molar-refractivity contribution in [2.75, 3.05) is 19.1 Å². The molecule has 33 heavy (non-hydrogen) atoms. The molecule has 7 heteroatoms. The van der Waals surface area contributed by atoms with E-state index in [9.17, 15) is 19.1 Å². The van der Waals surface area contributed by atoms with Crippen molar-refractivity contribution in [1.82, 2.24) is 0 Å². The topological polar surface area (TPSA) is 76.1 Å². The molecule has 0 aromatic heterocycles. The molecule has 6 nitrogen and oxygen atoms in total. The van der Waals surface area contributed by atoms with Crippen LogP contribution in [0.4, 0.5) is 10.1 Å². The number of Topliss-reactive ketones (excluding diaryl/α,β-unsaturated/α-hetero) is 1. The zero-order valence-electron chi connectivity index (χ0n) is 18.3. The van der Waals surface area contributed by atoms with Crippen molar-refractivity contribution in [2.24, 2.45) is 0 Å². The normalized spacial score (nSPS) is 17.3. The molecule has 0 saturated carbocycles. The Labute approximate surface area is 190 Å². The van der Waals surface area contributed by atoms with Gasteiger partial charge in [0, 0.05) is 16.8 Å². The summed E-state index contributed by atoms with van der Waals surface area (Å²) in [6.45, 7) is 1.85. The lowest BCUT2D eigenvalue weighted by Gasteiger charge is -2.26. The van der Waals surface area contributed by atoms with E-state index < -0.39 is 29.3 Å². The maximum atomic E-state index is 14.9. The number of rotatable bonds is 5. The van der Waals surface area contributed by atoms with E-state index in [1.165, 1.54) is 49.5 Å². The van der Waals surface area contributed by atoms with E-state index in [0.717, 1.165) is 5.56 Å². The van der Waals surface area contributed by atoms with Gasteiger partial charge in [0.05, 0.1) is 25.8 Å². The van der Waals surface area contributed by atoms with Gasteiger partial charge in [-0.2, -0.15) is 0 Å². The van der Waals surface area contributed by atoms with Crippen LogP contribution in [0.3, 0.4) is 0 Å². The molecule has 1 saturated heterocycles. The zero-order valence-corrected chi connectivity index (χ0v) is 18.3. The standard InChI is InChI=1S/C26H22FNO5/c1-15-7-6-8-17(13-15)28-23(18-9-4-5-10-19(18)27)22(25(30)26(28)31)24(29)16-11-12-20(32-2)21(14-16)33-3/h4-14,23,29H,1-3H3/b24-22+. The van der Waals surface area contributed by atoms with Crippen LogP contribution < -0.4 is 14.4 Å². The number of aliphatic hydroxyl groups excluding tert-OH is 1. The van der Waals surface area contributed by atoms with Gasteiger partial charge in [0.1, 0.15) is 11.6 Å². The molecule has 0 aliphatic carbocycles. The third kappa shape index (κ3) is 3.82. The lowest BCUT2D eigenvalue weighted by atomic mass is 9.94. The van der Waals surface area contributed by atoms with Crippen LogP contribution in [0.5, 0.6) is 11.5 Å². The Bertz CT molecular complexity index is 1280. The minimum atomic E-state index is -1.15. The Morgan fingerprint density at radius 2 is 1.67 bits per heavy atom. The van der Waals surface area contributed by atoms with Crippen LogP contribution in [0.25, 0.3) is 5.76 Å². The SMILES string of the molecule is COc1ccc(/C(O)=C2\C(=O)C(=O)N(c3cccc(C)c3)C2c2ccccc2F)cc1OC. The van der Waals surface area contributed by atoms with Crippen molar-refractivity contribution in [1.29, 1.82) is 0 Å². The highest BCUT2D eigenvalue weighted by Crippen LogP contribution is 2.43. The lowest BCUT2D eigenvalue weighted by molar-refractivity contribution is -0.132. The van der Waals surface area contributed by atoms with E-state index in [1.54, 1.807) is 30.3 Å². The summed E-state index contributed by atoms with van der Waals surface area (Å²) in [5.41, 5.74) is 1.41. The molecule has 1 N–H and O–H groups in total. The fourth-order valence-electron chi connectivity index (χ4n) is 4.01. The van der Waals surface area contributed by atoms with Crippen LogP contribution in [0.1, 0.15) is 22.7 Å². The molecule has 0 spiro atoms. The molecule has 168 valence electrons. The predicted molar refractivity (Wildman–Crippen MR) is 122 cm³/mol. The summed E-state index contributed by atoms with van der Waals surface area (Å²) in [4.78, 5) is 27.5. The average Bonchev–Trinajstić information content (AvgIpc) is 3.08. The number of benzene rings is 3. The number of halogens is 1. The number of hydrogen-bond donors (Lipinski definition) is 1. The highest BCUT2D eigenvalue weighted by molar-refractivity contribution is 6.51. The van der Waals surface area contributed by atoms with Crippen LogP contribution in [0.2, 0.25) is 0 Å². The summed E-state index contributed by atoms with van der Waals surface area (Å²) in [7, 11) is 2.92. The van der Waals surface area contributed by atoms with E-state index in [2.05, 4.69) is 0 Å². The van der Waals surface area contributed by atoms with Crippen LogP contribution in [0, 0.1) is 12.7 Å². The number of carbonyl (C=O) groups excluding carboxylic acids is 2. The Hall–Kier alpha value is -4.13. The molecule has 1 fully saturated rings. The Balaban J connectivity index is 1.97. The van der Waals surface area contributed by atoms with E-state index in [4.69, 9.17) is 9.47 Å².